The second-order valence-electron chi connectivity index (χ2n) is 7.11. The lowest BCUT2D eigenvalue weighted by Crippen LogP contribution is -1.90. The van der Waals surface area contributed by atoms with Gasteiger partial charge in [0.15, 0.2) is 0 Å². The second kappa shape index (κ2) is 7.25. The quantitative estimate of drug-likeness (QED) is 0.416. The molecule has 0 N–H and O–H groups in total. The van der Waals surface area contributed by atoms with Gasteiger partial charge in [-0.2, -0.15) is 0 Å². The van der Waals surface area contributed by atoms with Gasteiger partial charge in [0.25, 0.3) is 0 Å². The maximum Gasteiger partial charge on any atom is 0.138 e. The lowest BCUT2D eigenvalue weighted by molar-refractivity contribution is 0.547. The van der Waals surface area contributed by atoms with Gasteiger partial charge in [0.2, 0.25) is 0 Å². The van der Waals surface area contributed by atoms with E-state index in [9.17, 15) is 0 Å². The molecular weight excluding hydrogens is 320 g/mol. The van der Waals surface area contributed by atoms with Crippen LogP contribution in [0.1, 0.15) is 36.5 Å². The van der Waals surface area contributed by atoms with Crippen LogP contribution < -0.4 is 0 Å². The van der Waals surface area contributed by atoms with Crippen molar-refractivity contribution in [3.05, 3.63) is 84.4 Å². The standard InChI is InChI=1S/C24H26O2/c1-7-9-17-19-13-20-18(10-8-2)22(12-16(5)6)26-24(20)14-23(19)25-21(17)11-15(3)4/h7-8,13-14H,1-3,5,9-12H2,4,6H3. The molecule has 2 heterocycles. The molecule has 0 spiro atoms. The number of hydrogen-bond donors (Lipinski definition) is 0. The van der Waals surface area contributed by atoms with Gasteiger partial charge in [-0.25, -0.2) is 0 Å². The van der Waals surface area contributed by atoms with E-state index in [2.05, 4.69) is 32.4 Å². The number of benzene rings is 1. The third-order valence-corrected chi connectivity index (χ3v) is 4.49. The minimum Gasteiger partial charge on any atom is -0.460 e. The van der Waals surface area contributed by atoms with E-state index in [1.807, 2.05) is 32.1 Å². The second-order valence-corrected chi connectivity index (χ2v) is 7.11. The van der Waals surface area contributed by atoms with E-state index in [0.717, 1.165) is 70.3 Å². The number of allylic oxidation sites excluding steroid dienone is 4. The lowest BCUT2D eigenvalue weighted by atomic mass is 10.00. The van der Waals surface area contributed by atoms with E-state index in [1.165, 1.54) is 11.1 Å². The predicted octanol–water partition coefficient (Wildman–Crippen LogP) is 6.87. The Kier molecular flexibility index (Phi) is 5.03. The van der Waals surface area contributed by atoms with Gasteiger partial charge in [-0.1, -0.05) is 36.5 Å². The maximum absolute atomic E-state index is 6.15. The number of rotatable bonds is 8. The summed E-state index contributed by atoms with van der Waals surface area (Å²) in [5, 5.41) is 2.25. The summed E-state index contributed by atoms with van der Waals surface area (Å²) in [7, 11) is 0. The van der Waals surface area contributed by atoms with Crippen LogP contribution in [0.3, 0.4) is 0 Å². The summed E-state index contributed by atoms with van der Waals surface area (Å²) in [5.41, 5.74) is 6.24. The highest BCUT2D eigenvalue weighted by Crippen LogP contribution is 2.36. The highest BCUT2D eigenvalue weighted by Gasteiger charge is 2.19. The van der Waals surface area contributed by atoms with Crippen molar-refractivity contribution in [3.63, 3.8) is 0 Å². The molecule has 3 rings (SSSR count). The van der Waals surface area contributed by atoms with Crippen LogP contribution in [0.4, 0.5) is 0 Å². The van der Waals surface area contributed by atoms with Crippen molar-refractivity contribution in [1.82, 2.24) is 0 Å². The molecule has 2 aromatic heterocycles. The summed E-state index contributed by atoms with van der Waals surface area (Å²) >= 11 is 0. The summed E-state index contributed by atoms with van der Waals surface area (Å²) < 4.78 is 12.3. The third-order valence-electron chi connectivity index (χ3n) is 4.49. The van der Waals surface area contributed by atoms with E-state index in [0.29, 0.717) is 0 Å². The van der Waals surface area contributed by atoms with Gasteiger partial charge in [0, 0.05) is 40.8 Å². The zero-order valence-electron chi connectivity index (χ0n) is 15.8. The van der Waals surface area contributed by atoms with Crippen LogP contribution >= 0.6 is 0 Å². The normalized spacial score (nSPS) is 11.2. The summed E-state index contributed by atoms with van der Waals surface area (Å²) in [5.74, 6) is 1.93. The average Bonchev–Trinajstić information content (AvgIpc) is 3.04. The fourth-order valence-corrected chi connectivity index (χ4v) is 3.46. The summed E-state index contributed by atoms with van der Waals surface area (Å²) in [6.45, 7) is 19.9. The molecule has 1 aromatic carbocycles. The first-order valence-electron chi connectivity index (χ1n) is 8.93. The molecular formula is C24H26O2. The van der Waals surface area contributed by atoms with Crippen molar-refractivity contribution >= 4 is 21.9 Å². The van der Waals surface area contributed by atoms with Gasteiger partial charge in [-0.15, -0.1) is 13.2 Å². The smallest absolute Gasteiger partial charge is 0.138 e. The van der Waals surface area contributed by atoms with Crippen LogP contribution in [0.15, 0.2) is 70.6 Å². The van der Waals surface area contributed by atoms with Gasteiger partial charge in [0.05, 0.1) is 0 Å². The molecule has 0 aliphatic rings. The monoisotopic (exact) mass is 346 g/mol. The topological polar surface area (TPSA) is 26.3 Å². The zero-order valence-corrected chi connectivity index (χ0v) is 15.8. The average molecular weight is 346 g/mol. The fourth-order valence-electron chi connectivity index (χ4n) is 3.46. The summed E-state index contributed by atoms with van der Waals surface area (Å²) in [6, 6.07) is 4.20. The predicted molar refractivity (Wildman–Crippen MR) is 111 cm³/mol. The van der Waals surface area contributed by atoms with Crippen LogP contribution in [-0.2, 0) is 25.7 Å². The molecule has 0 radical (unpaired) electrons. The molecule has 0 saturated carbocycles. The maximum atomic E-state index is 6.15. The van der Waals surface area contributed by atoms with Crippen LogP contribution in [0.5, 0.6) is 0 Å². The van der Waals surface area contributed by atoms with Crippen molar-refractivity contribution < 1.29 is 8.83 Å². The molecule has 2 nitrogen and oxygen atoms in total. The van der Waals surface area contributed by atoms with Gasteiger partial charge in [-0.05, 0) is 32.8 Å². The van der Waals surface area contributed by atoms with Crippen LogP contribution in [0, 0.1) is 0 Å². The minimum atomic E-state index is 0.736. The SMILES string of the molecule is C=CCc1c(CC(=C)C)oc2cc3oc(CC(=C)C)c(CC=C)c3cc12. The summed E-state index contributed by atoms with van der Waals surface area (Å²) in [6.07, 6.45) is 6.86. The first-order chi connectivity index (χ1) is 12.4. The molecule has 26 heavy (non-hydrogen) atoms. The van der Waals surface area contributed by atoms with Gasteiger partial charge in [0.1, 0.15) is 22.7 Å². The van der Waals surface area contributed by atoms with Gasteiger partial charge in [-0.3, -0.25) is 0 Å². The fraction of sp³-hybridized carbons (Fsp3) is 0.250. The van der Waals surface area contributed by atoms with E-state index in [-0.39, 0.29) is 0 Å². The van der Waals surface area contributed by atoms with Crippen molar-refractivity contribution in [1.29, 1.82) is 0 Å². The van der Waals surface area contributed by atoms with Crippen molar-refractivity contribution in [3.8, 4) is 0 Å². The Morgan fingerprint density at radius 2 is 1.23 bits per heavy atom. The van der Waals surface area contributed by atoms with E-state index in [1.54, 1.807) is 0 Å². The highest BCUT2D eigenvalue weighted by atomic mass is 16.3. The van der Waals surface area contributed by atoms with Crippen LogP contribution in [-0.4, -0.2) is 0 Å². The Labute approximate surface area is 155 Å². The first-order valence-corrected chi connectivity index (χ1v) is 8.93. The zero-order chi connectivity index (χ0) is 18.8. The van der Waals surface area contributed by atoms with Crippen molar-refractivity contribution in [2.45, 2.75) is 39.5 Å². The molecule has 0 fully saturated rings. The number of furan rings is 2. The molecule has 3 aromatic rings. The molecule has 2 heteroatoms. The minimum absolute atomic E-state index is 0.736. The Balaban J connectivity index is 2.26. The molecule has 0 amide bonds. The lowest BCUT2D eigenvalue weighted by Gasteiger charge is -2.01. The Morgan fingerprint density at radius 1 is 0.808 bits per heavy atom. The van der Waals surface area contributed by atoms with E-state index < -0.39 is 0 Å². The van der Waals surface area contributed by atoms with Crippen LogP contribution in [0.2, 0.25) is 0 Å². The Bertz CT molecular complexity index is 944. The molecule has 0 atom stereocenters. The molecule has 134 valence electrons. The van der Waals surface area contributed by atoms with Gasteiger partial charge >= 0.3 is 0 Å². The highest BCUT2D eigenvalue weighted by molar-refractivity contribution is 5.97. The molecule has 0 bridgehead atoms. The van der Waals surface area contributed by atoms with Gasteiger partial charge < -0.3 is 8.83 Å². The van der Waals surface area contributed by atoms with E-state index in [4.69, 9.17) is 8.83 Å². The Morgan fingerprint density at radius 3 is 1.58 bits per heavy atom. The summed E-state index contributed by atoms with van der Waals surface area (Å²) in [4.78, 5) is 0. The first kappa shape index (κ1) is 18.1. The number of hydrogen-bond acceptors (Lipinski definition) is 2. The molecule has 0 aliphatic heterocycles. The molecule has 0 aliphatic carbocycles. The molecule has 0 unspecified atom stereocenters. The third kappa shape index (κ3) is 3.32. The van der Waals surface area contributed by atoms with Crippen molar-refractivity contribution in [2.24, 2.45) is 0 Å². The molecule has 0 saturated heterocycles. The van der Waals surface area contributed by atoms with Crippen LogP contribution in [0.25, 0.3) is 21.9 Å². The number of fused-ring (bicyclic) bond motifs is 2. The van der Waals surface area contributed by atoms with Crippen molar-refractivity contribution in [2.75, 3.05) is 0 Å². The Hall–Kier alpha value is -2.74. The van der Waals surface area contributed by atoms with E-state index >= 15 is 0 Å². The largest absolute Gasteiger partial charge is 0.460 e.